The van der Waals surface area contributed by atoms with Gasteiger partial charge in [-0.3, -0.25) is 19.7 Å². The van der Waals surface area contributed by atoms with Crippen LogP contribution in [0.25, 0.3) is 0 Å². The van der Waals surface area contributed by atoms with Crippen LogP contribution in [0.3, 0.4) is 0 Å². The number of nitrogens with zero attached hydrogens (tertiary/aromatic N) is 1. The highest BCUT2D eigenvalue weighted by Crippen LogP contribution is 2.15. The fraction of sp³-hybridized carbons (Fsp3) is 0.357. The summed E-state index contributed by atoms with van der Waals surface area (Å²) in [5.74, 6) is -0.679. The highest BCUT2D eigenvalue weighted by molar-refractivity contribution is 6.05. The topological polar surface area (TPSA) is 75.7 Å². The van der Waals surface area contributed by atoms with Gasteiger partial charge in [-0.2, -0.15) is 0 Å². The third kappa shape index (κ3) is 3.34. The third-order valence-electron chi connectivity index (χ3n) is 2.79. The quantitative estimate of drug-likeness (QED) is 0.816. The minimum absolute atomic E-state index is 0.107. The van der Waals surface area contributed by atoms with Crippen molar-refractivity contribution in [3.63, 3.8) is 0 Å². The molecule has 0 saturated carbocycles. The average molecular weight is 276 g/mol. The Balaban J connectivity index is 2.12. The highest BCUT2D eigenvalue weighted by Gasteiger charge is 2.27. The molecule has 0 spiro atoms. The first-order chi connectivity index (χ1) is 9.60. The molecule has 1 aliphatic heterocycles. The van der Waals surface area contributed by atoms with Gasteiger partial charge >= 0.3 is 0 Å². The monoisotopic (exact) mass is 276 g/mol. The molecule has 1 saturated heterocycles. The van der Waals surface area contributed by atoms with E-state index in [4.69, 9.17) is 4.74 Å². The molecular formula is C14H16N2O4. The summed E-state index contributed by atoms with van der Waals surface area (Å²) in [5.41, 5.74) is 0.404. The van der Waals surface area contributed by atoms with Gasteiger partial charge in [0, 0.05) is 5.56 Å². The maximum Gasteiger partial charge on any atom is 0.254 e. The molecule has 0 bridgehead atoms. The minimum atomic E-state index is -0.465. The molecule has 2 rings (SSSR count). The van der Waals surface area contributed by atoms with Gasteiger partial charge in [0.05, 0.1) is 6.61 Å². The molecule has 0 aromatic heterocycles. The molecular weight excluding hydrogens is 260 g/mol. The van der Waals surface area contributed by atoms with Crippen molar-refractivity contribution < 1.29 is 19.1 Å². The fourth-order valence-electron chi connectivity index (χ4n) is 1.90. The Kier molecular flexibility index (Phi) is 4.34. The van der Waals surface area contributed by atoms with E-state index in [1.807, 2.05) is 6.92 Å². The van der Waals surface area contributed by atoms with Gasteiger partial charge in [0.15, 0.2) is 0 Å². The van der Waals surface area contributed by atoms with Crippen LogP contribution in [0.1, 0.15) is 23.7 Å². The molecule has 1 fully saturated rings. The number of hydrogen-bond acceptors (Lipinski definition) is 4. The summed E-state index contributed by atoms with van der Waals surface area (Å²) < 4.78 is 5.46. The molecule has 1 N–H and O–H groups in total. The number of nitrogens with one attached hydrogen (secondary N) is 1. The molecule has 1 heterocycles. The first kappa shape index (κ1) is 14.0. The summed E-state index contributed by atoms with van der Waals surface area (Å²) in [6, 6.07) is 6.73. The molecule has 1 aliphatic rings. The number of rotatable bonds is 4. The van der Waals surface area contributed by atoms with Gasteiger partial charge < -0.3 is 9.64 Å². The van der Waals surface area contributed by atoms with Crippen LogP contribution in [0.2, 0.25) is 0 Å². The van der Waals surface area contributed by atoms with Crippen molar-refractivity contribution >= 4 is 17.7 Å². The maximum absolute atomic E-state index is 12.3. The number of imide groups is 1. The van der Waals surface area contributed by atoms with Crippen LogP contribution in [0.4, 0.5) is 0 Å². The van der Waals surface area contributed by atoms with Crippen LogP contribution in [-0.2, 0) is 9.59 Å². The second-order valence-electron chi connectivity index (χ2n) is 4.51. The number of amides is 3. The molecule has 0 atom stereocenters. The summed E-state index contributed by atoms with van der Waals surface area (Å²) in [5, 5.41) is 2.16. The Labute approximate surface area is 116 Å². The predicted octanol–water partition coefficient (Wildman–Crippen LogP) is 0.574. The van der Waals surface area contributed by atoms with Crippen molar-refractivity contribution in [2.24, 2.45) is 0 Å². The number of piperazine rings is 1. The Morgan fingerprint density at radius 3 is 2.65 bits per heavy atom. The van der Waals surface area contributed by atoms with Gasteiger partial charge in [-0.1, -0.05) is 13.0 Å². The molecule has 0 aliphatic carbocycles. The van der Waals surface area contributed by atoms with Crippen LogP contribution in [0, 0.1) is 0 Å². The van der Waals surface area contributed by atoms with Crippen molar-refractivity contribution in [2.75, 3.05) is 19.7 Å². The van der Waals surface area contributed by atoms with Crippen LogP contribution in [0.5, 0.6) is 5.75 Å². The summed E-state index contributed by atoms with van der Waals surface area (Å²) in [7, 11) is 0. The number of carbonyl (C=O) groups excluding carboxylic acids is 3. The van der Waals surface area contributed by atoms with Crippen LogP contribution >= 0.6 is 0 Å². The van der Waals surface area contributed by atoms with E-state index >= 15 is 0 Å². The third-order valence-corrected chi connectivity index (χ3v) is 2.79. The molecule has 0 radical (unpaired) electrons. The fourth-order valence-corrected chi connectivity index (χ4v) is 1.90. The van der Waals surface area contributed by atoms with Crippen LogP contribution < -0.4 is 10.1 Å². The van der Waals surface area contributed by atoms with Crippen molar-refractivity contribution in [1.29, 1.82) is 0 Å². The van der Waals surface area contributed by atoms with E-state index in [9.17, 15) is 14.4 Å². The molecule has 6 heteroatoms. The van der Waals surface area contributed by atoms with E-state index in [-0.39, 0.29) is 19.0 Å². The lowest BCUT2D eigenvalue weighted by Crippen LogP contribution is -2.53. The molecule has 6 nitrogen and oxygen atoms in total. The predicted molar refractivity (Wildman–Crippen MR) is 71.3 cm³/mol. The standard InChI is InChI=1S/C14H16N2O4/c1-2-6-20-11-5-3-4-10(7-11)14(19)16-8-12(17)15-13(18)9-16/h3-5,7H,2,6,8-9H2,1H3,(H,15,17,18). The van der Waals surface area contributed by atoms with E-state index in [0.717, 1.165) is 6.42 Å². The lowest BCUT2D eigenvalue weighted by molar-refractivity contribution is -0.135. The molecule has 1 aromatic carbocycles. The zero-order valence-corrected chi connectivity index (χ0v) is 11.2. The lowest BCUT2D eigenvalue weighted by Gasteiger charge is -2.25. The summed E-state index contributed by atoms with van der Waals surface area (Å²) in [6.45, 7) is 2.35. The van der Waals surface area contributed by atoms with Gasteiger partial charge in [-0.05, 0) is 24.6 Å². The van der Waals surface area contributed by atoms with Crippen LogP contribution in [0.15, 0.2) is 24.3 Å². The van der Waals surface area contributed by atoms with Crippen molar-refractivity contribution in [2.45, 2.75) is 13.3 Å². The van der Waals surface area contributed by atoms with E-state index in [2.05, 4.69) is 5.32 Å². The Bertz CT molecular complexity index is 526. The van der Waals surface area contributed by atoms with E-state index in [1.54, 1.807) is 24.3 Å². The summed E-state index contributed by atoms with van der Waals surface area (Å²) in [4.78, 5) is 36.0. The van der Waals surface area contributed by atoms with Gasteiger partial charge in [-0.25, -0.2) is 0 Å². The largest absolute Gasteiger partial charge is 0.494 e. The molecule has 0 unspecified atom stereocenters. The molecule has 3 amide bonds. The first-order valence-electron chi connectivity index (χ1n) is 6.45. The normalized spacial score (nSPS) is 14.9. The van der Waals surface area contributed by atoms with Gasteiger partial charge in [-0.15, -0.1) is 0 Å². The second-order valence-corrected chi connectivity index (χ2v) is 4.51. The number of carbonyl (C=O) groups is 3. The summed E-state index contributed by atoms with van der Waals surface area (Å²) in [6.07, 6.45) is 0.874. The van der Waals surface area contributed by atoms with Gasteiger partial charge in [0.2, 0.25) is 11.8 Å². The van der Waals surface area contributed by atoms with E-state index in [0.29, 0.717) is 17.9 Å². The summed E-state index contributed by atoms with van der Waals surface area (Å²) >= 11 is 0. The molecule has 106 valence electrons. The molecule has 20 heavy (non-hydrogen) atoms. The molecule has 1 aromatic rings. The number of benzene rings is 1. The Morgan fingerprint density at radius 1 is 1.30 bits per heavy atom. The number of ether oxygens (including phenoxy) is 1. The zero-order chi connectivity index (χ0) is 14.5. The lowest BCUT2D eigenvalue weighted by atomic mass is 10.1. The van der Waals surface area contributed by atoms with Crippen molar-refractivity contribution in [3.8, 4) is 5.75 Å². The van der Waals surface area contributed by atoms with E-state index in [1.165, 1.54) is 4.90 Å². The Morgan fingerprint density at radius 2 is 2.00 bits per heavy atom. The van der Waals surface area contributed by atoms with Crippen LogP contribution in [-0.4, -0.2) is 42.3 Å². The van der Waals surface area contributed by atoms with Gasteiger partial charge in [0.1, 0.15) is 18.8 Å². The first-order valence-corrected chi connectivity index (χ1v) is 6.45. The van der Waals surface area contributed by atoms with Gasteiger partial charge in [0.25, 0.3) is 5.91 Å². The highest BCUT2D eigenvalue weighted by atomic mass is 16.5. The second kappa shape index (κ2) is 6.18. The SMILES string of the molecule is CCCOc1cccc(C(=O)N2CC(=O)NC(=O)C2)c1. The Hall–Kier alpha value is -2.37. The zero-order valence-electron chi connectivity index (χ0n) is 11.2. The maximum atomic E-state index is 12.3. The smallest absolute Gasteiger partial charge is 0.254 e. The van der Waals surface area contributed by atoms with Crippen molar-refractivity contribution in [1.82, 2.24) is 10.2 Å². The number of hydrogen-bond donors (Lipinski definition) is 1. The average Bonchev–Trinajstić information content (AvgIpc) is 2.43. The van der Waals surface area contributed by atoms with Crippen molar-refractivity contribution in [3.05, 3.63) is 29.8 Å². The minimum Gasteiger partial charge on any atom is -0.494 e. The van der Waals surface area contributed by atoms with E-state index < -0.39 is 11.8 Å².